The molecule has 0 radical (unpaired) electrons. The minimum atomic E-state index is 0.549. The summed E-state index contributed by atoms with van der Waals surface area (Å²) in [5.41, 5.74) is 2.13. The average Bonchev–Trinajstić information content (AvgIpc) is 2.68. The lowest BCUT2D eigenvalue weighted by atomic mass is 10.3. The van der Waals surface area contributed by atoms with E-state index in [1.807, 2.05) is 40.0 Å². The van der Waals surface area contributed by atoms with Gasteiger partial charge >= 0.3 is 0 Å². The molecule has 0 bridgehead atoms. The smallest absolute Gasteiger partial charge is 0.150 e. The second-order valence-corrected chi connectivity index (χ2v) is 3.50. The minimum Gasteiger partial charge on any atom is -0.235 e. The Kier molecular flexibility index (Phi) is 7.26. The first kappa shape index (κ1) is 14.3. The summed E-state index contributed by atoms with van der Waals surface area (Å²) in [7, 11) is 0. The third-order valence-electron chi connectivity index (χ3n) is 1.49. The number of fused-ring (bicyclic) bond motifs is 1. The van der Waals surface area contributed by atoms with Gasteiger partial charge < -0.3 is 0 Å². The standard InChI is InChI=1S/C7H5ClN2S.2C2H6/c1-4-2-11-6-5(4)9-3-10-7(6)8;2*1-2/h2-3H,1H3;2*1-2H3. The molecule has 0 aliphatic carbocycles. The maximum Gasteiger partial charge on any atom is 0.150 e. The van der Waals surface area contributed by atoms with Crippen molar-refractivity contribution >= 4 is 33.2 Å². The second kappa shape index (κ2) is 7.60. The van der Waals surface area contributed by atoms with Gasteiger partial charge in [-0.25, -0.2) is 9.97 Å². The molecule has 15 heavy (non-hydrogen) atoms. The monoisotopic (exact) mass is 244 g/mol. The predicted octanol–water partition coefficient (Wildman–Crippen LogP) is 4.71. The van der Waals surface area contributed by atoms with Crippen molar-refractivity contribution in [2.45, 2.75) is 34.6 Å². The van der Waals surface area contributed by atoms with Crippen LogP contribution in [0.25, 0.3) is 10.2 Å². The Hall–Kier alpha value is -0.670. The van der Waals surface area contributed by atoms with Crippen LogP contribution < -0.4 is 0 Å². The summed E-state index contributed by atoms with van der Waals surface area (Å²) in [6, 6.07) is 0. The Balaban J connectivity index is 0.000000442. The van der Waals surface area contributed by atoms with E-state index < -0.39 is 0 Å². The molecule has 2 aromatic rings. The molecule has 0 unspecified atom stereocenters. The highest BCUT2D eigenvalue weighted by Gasteiger charge is 2.04. The molecule has 0 N–H and O–H groups in total. The molecule has 84 valence electrons. The van der Waals surface area contributed by atoms with Crippen LogP contribution >= 0.6 is 22.9 Å². The highest BCUT2D eigenvalue weighted by Crippen LogP contribution is 2.27. The van der Waals surface area contributed by atoms with Gasteiger partial charge in [0.2, 0.25) is 0 Å². The molecule has 2 nitrogen and oxygen atoms in total. The number of aromatic nitrogens is 2. The van der Waals surface area contributed by atoms with E-state index in [2.05, 4.69) is 9.97 Å². The quantitative estimate of drug-likeness (QED) is 0.628. The lowest BCUT2D eigenvalue weighted by molar-refractivity contribution is 1.22. The zero-order valence-electron chi connectivity index (χ0n) is 9.84. The lowest BCUT2D eigenvalue weighted by Gasteiger charge is -1.90. The molecule has 0 spiro atoms. The number of nitrogens with zero attached hydrogens (tertiary/aromatic N) is 2. The highest BCUT2D eigenvalue weighted by molar-refractivity contribution is 7.18. The SMILES string of the molecule is CC.CC.Cc1csc2c(Cl)ncnc12. The van der Waals surface area contributed by atoms with E-state index in [4.69, 9.17) is 11.6 Å². The highest BCUT2D eigenvalue weighted by atomic mass is 35.5. The molecule has 0 atom stereocenters. The molecular formula is C11H17ClN2S. The third-order valence-corrected chi connectivity index (χ3v) is 2.98. The van der Waals surface area contributed by atoms with Gasteiger partial charge in [-0.15, -0.1) is 11.3 Å². The molecule has 0 saturated heterocycles. The van der Waals surface area contributed by atoms with Crippen molar-refractivity contribution in [3.63, 3.8) is 0 Å². The van der Waals surface area contributed by atoms with Crippen LogP contribution in [0.3, 0.4) is 0 Å². The summed E-state index contributed by atoms with van der Waals surface area (Å²) < 4.78 is 0.978. The van der Waals surface area contributed by atoms with Crippen molar-refractivity contribution in [3.05, 3.63) is 22.4 Å². The number of halogens is 1. The number of thiophene rings is 1. The fraction of sp³-hybridized carbons (Fsp3) is 0.455. The van der Waals surface area contributed by atoms with E-state index >= 15 is 0 Å². The Bertz CT molecular complexity index is 398. The van der Waals surface area contributed by atoms with E-state index in [1.165, 1.54) is 6.33 Å². The van der Waals surface area contributed by atoms with E-state index in [0.29, 0.717) is 5.15 Å². The van der Waals surface area contributed by atoms with Gasteiger partial charge in [-0.05, 0) is 17.9 Å². The summed E-state index contributed by atoms with van der Waals surface area (Å²) in [4.78, 5) is 8.00. The number of aryl methyl sites for hydroxylation is 1. The van der Waals surface area contributed by atoms with Gasteiger partial charge in [0.1, 0.15) is 11.5 Å². The summed E-state index contributed by atoms with van der Waals surface area (Å²) in [5.74, 6) is 0. The first-order chi connectivity index (χ1) is 7.29. The van der Waals surface area contributed by atoms with Crippen LogP contribution in [0.4, 0.5) is 0 Å². The Labute approximate surface area is 100 Å². The molecule has 0 amide bonds. The zero-order chi connectivity index (χ0) is 11.8. The van der Waals surface area contributed by atoms with Crippen molar-refractivity contribution in [2.75, 3.05) is 0 Å². The van der Waals surface area contributed by atoms with Crippen molar-refractivity contribution in [1.29, 1.82) is 0 Å². The maximum absolute atomic E-state index is 5.83. The van der Waals surface area contributed by atoms with Crippen molar-refractivity contribution in [3.8, 4) is 0 Å². The summed E-state index contributed by atoms with van der Waals surface area (Å²) in [5, 5.41) is 2.58. The largest absolute Gasteiger partial charge is 0.235 e. The van der Waals surface area contributed by atoms with Crippen LogP contribution in [0.5, 0.6) is 0 Å². The van der Waals surface area contributed by atoms with Crippen molar-refractivity contribution in [1.82, 2.24) is 9.97 Å². The first-order valence-electron chi connectivity index (χ1n) is 5.13. The first-order valence-corrected chi connectivity index (χ1v) is 6.39. The molecule has 0 aliphatic rings. The molecule has 0 aromatic carbocycles. The van der Waals surface area contributed by atoms with E-state index in [0.717, 1.165) is 15.8 Å². The van der Waals surface area contributed by atoms with Crippen LogP contribution in [0.15, 0.2) is 11.7 Å². The Morgan fingerprint density at radius 2 is 1.73 bits per heavy atom. The van der Waals surface area contributed by atoms with Crippen LogP contribution in [-0.4, -0.2) is 9.97 Å². The van der Waals surface area contributed by atoms with Gasteiger partial charge in [-0.2, -0.15) is 0 Å². The van der Waals surface area contributed by atoms with Gasteiger partial charge in [0.25, 0.3) is 0 Å². The number of hydrogen-bond acceptors (Lipinski definition) is 3. The average molecular weight is 245 g/mol. The minimum absolute atomic E-state index is 0.549. The van der Waals surface area contributed by atoms with Gasteiger partial charge in [0, 0.05) is 0 Å². The molecule has 4 heteroatoms. The topological polar surface area (TPSA) is 25.8 Å². The fourth-order valence-electron chi connectivity index (χ4n) is 0.941. The summed E-state index contributed by atoms with van der Waals surface area (Å²) >= 11 is 7.41. The molecular weight excluding hydrogens is 228 g/mol. The molecule has 0 aliphatic heterocycles. The van der Waals surface area contributed by atoms with Crippen LogP contribution in [-0.2, 0) is 0 Å². The van der Waals surface area contributed by atoms with Crippen LogP contribution in [0.1, 0.15) is 33.3 Å². The van der Waals surface area contributed by atoms with Gasteiger partial charge in [0.15, 0.2) is 0 Å². The van der Waals surface area contributed by atoms with Gasteiger partial charge in [-0.3, -0.25) is 0 Å². The van der Waals surface area contributed by atoms with Crippen LogP contribution in [0.2, 0.25) is 5.15 Å². The third kappa shape index (κ3) is 3.43. The maximum atomic E-state index is 5.83. The lowest BCUT2D eigenvalue weighted by Crippen LogP contribution is -1.79. The molecule has 2 rings (SSSR count). The predicted molar refractivity (Wildman–Crippen MR) is 69.9 cm³/mol. The molecule has 0 saturated carbocycles. The Morgan fingerprint density at radius 3 is 2.27 bits per heavy atom. The normalized spacial score (nSPS) is 8.67. The van der Waals surface area contributed by atoms with Gasteiger partial charge in [-0.1, -0.05) is 39.3 Å². The molecule has 0 fully saturated rings. The fourth-order valence-corrected chi connectivity index (χ4v) is 2.09. The summed E-state index contributed by atoms with van der Waals surface area (Å²) in [6.07, 6.45) is 1.49. The molecule has 2 heterocycles. The van der Waals surface area contributed by atoms with E-state index in [9.17, 15) is 0 Å². The van der Waals surface area contributed by atoms with Gasteiger partial charge in [0.05, 0.1) is 10.2 Å². The zero-order valence-corrected chi connectivity index (χ0v) is 11.4. The van der Waals surface area contributed by atoms with E-state index in [-0.39, 0.29) is 0 Å². The van der Waals surface area contributed by atoms with E-state index in [1.54, 1.807) is 11.3 Å². The Morgan fingerprint density at radius 1 is 1.13 bits per heavy atom. The molecule has 2 aromatic heterocycles. The van der Waals surface area contributed by atoms with Crippen molar-refractivity contribution in [2.24, 2.45) is 0 Å². The second-order valence-electron chi connectivity index (χ2n) is 2.26. The number of hydrogen-bond donors (Lipinski definition) is 0. The number of rotatable bonds is 0. The van der Waals surface area contributed by atoms with Crippen molar-refractivity contribution < 1.29 is 0 Å². The summed E-state index contributed by atoms with van der Waals surface area (Å²) in [6.45, 7) is 10.0. The van der Waals surface area contributed by atoms with Crippen LogP contribution in [0, 0.1) is 6.92 Å².